The first-order valence-electron chi connectivity index (χ1n) is 17.7. The maximum Gasteiger partial charge on any atom is 0.321 e. The molecular formula is C39H57NO8. The molecule has 0 fully saturated rings. The summed E-state index contributed by atoms with van der Waals surface area (Å²) in [6, 6.07) is 15.4. The summed E-state index contributed by atoms with van der Waals surface area (Å²) >= 11 is 0. The Hall–Kier alpha value is -3.69. The topological polar surface area (TPSA) is 153 Å². The molecule has 0 radical (unpaired) electrons. The lowest BCUT2D eigenvalue weighted by Crippen LogP contribution is -2.43. The van der Waals surface area contributed by atoms with E-state index in [1.54, 1.807) is 30.3 Å². The summed E-state index contributed by atoms with van der Waals surface area (Å²) in [6.07, 6.45) is 15.9. The van der Waals surface area contributed by atoms with Gasteiger partial charge in [-0.05, 0) is 74.8 Å². The molecule has 2 rings (SSSR count). The molecule has 2 aromatic rings. The zero-order chi connectivity index (χ0) is 35.1. The third kappa shape index (κ3) is 16.9. The SMILES string of the molecule is CCCCCCC[C@@H](CCCCCC/C=C/[C@H](CN[C@@H](Cc1ccc(Oc2ccccc2)cc1)C(=O)O)C(CC(=O)O)C(=O)O)C(C)O. The summed E-state index contributed by atoms with van der Waals surface area (Å²) in [5.74, 6) is -3.79. The third-order valence-electron chi connectivity index (χ3n) is 8.91. The Bertz CT molecular complexity index is 1210. The van der Waals surface area contributed by atoms with Gasteiger partial charge in [-0.1, -0.05) is 101 Å². The number of hydrogen-bond donors (Lipinski definition) is 5. The van der Waals surface area contributed by atoms with Crippen molar-refractivity contribution in [1.82, 2.24) is 5.32 Å². The number of hydrogen-bond acceptors (Lipinski definition) is 6. The molecule has 5 N–H and O–H groups in total. The Morgan fingerprint density at radius 1 is 0.792 bits per heavy atom. The van der Waals surface area contributed by atoms with Crippen molar-refractivity contribution >= 4 is 17.9 Å². The standard InChI is InChI=1S/C39H57NO8/c1-3-4-5-8-12-17-31(29(2)41)18-13-9-6-7-10-14-19-32(35(38(44)45)27-37(42)43)28-40-36(39(46)47)26-30-22-24-34(25-23-30)48-33-20-15-11-16-21-33/h11,14-16,19-25,29,31-32,35-36,40-41H,3-10,12-13,17-18,26-28H2,1-2H3,(H,42,43)(H,44,45)(H,46,47)/b19-14+/t29?,31-,32+,35?,36-/m0/s1. The van der Waals surface area contributed by atoms with E-state index >= 15 is 0 Å². The molecule has 5 atom stereocenters. The molecule has 48 heavy (non-hydrogen) atoms. The van der Waals surface area contributed by atoms with Crippen LogP contribution in [-0.2, 0) is 20.8 Å². The van der Waals surface area contributed by atoms with Gasteiger partial charge in [0.1, 0.15) is 17.5 Å². The highest BCUT2D eigenvalue weighted by Gasteiger charge is 2.30. The van der Waals surface area contributed by atoms with Crippen molar-refractivity contribution in [3.8, 4) is 11.5 Å². The molecule has 0 amide bonds. The summed E-state index contributed by atoms with van der Waals surface area (Å²) in [5, 5.41) is 42.3. The van der Waals surface area contributed by atoms with Gasteiger partial charge in [-0.3, -0.25) is 14.4 Å². The van der Waals surface area contributed by atoms with Crippen molar-refractivity contribution in [1.29, 1.82) is 0 Å². The second-order valence-corrected chi connectivity index (χ2v) is 12.9. The number of carbonyl (C=O) groups is 3. The van der Waals surface area contributed by atoms with Crippen LogP contribution in [0.4, 0.5) is 0 Å². The monoisotopic (exact) mass is 667 g/mol. The highest BCUT2D eigenvalue weighted by molar-refractivity contribution is 5.78. The number of benzene rings is 2. The minimum atomic E-state index is -1.23. The minimum absolute atomic E-state index is 0.00604. The van der Waals surface area contributed by atoms with Gasteiger partial charge < -0.3 is 30.5 Å². The molecule has 0 spiro atoms. The molecule has 0 saturated heterocycles. The van der Waals surface area contributed by atoms with E-state index in [-0.39, 0.29) is 19.1 Å². The lowest BCUT2D eigenvalue weighted by Gasteiger charge is -2.23. The zero-order valence-corrected chi connectivity index (χ0v) is 28.8. The van der Waals surface area contributed by atoms with Crippen LogP contribution in [-0.4, -0.2) is 57.0 Å². The number of para-hydroxylation sites is 1. The summed E-state index contributed by atoms with van der Waals surface area (Å²) in [4.78, 5) is 35.7. The van der Waals surface area contributed by atoms with Crippen LogP contribution < -0.4 is 10.1 Å². The molecule has 9 nitrogen and oxygen atoms in total. The molecule has 2 unspecified atom stereocenters. The number of rotatable bonds is 27. The third-order valence-corrected chi connectivity index (χ3v) is 8.91. The summed E-state index contributed by atoms with van der Waals surface area (Å²) in [5.41, 5.74) is 0.759. The summed E-state index contributed by atoms with van der Waals surface area (Å²) in [7, 11) is 0. The number of aliphatic hydroxyl groups is 1. The van der Waals surface area contributed by atoms with Gasteiger partial charge in [-0.2, -0.15) is 0 Å². The molecule has 0 saturated carbocycles. The predicted octanol–water partition coefficient (Wildman–Crippen LogP) is 8.11. The zero-order valence-electron chi connectivity index (χ0n) is 28.8. The van der Waals surface area contributed by atoms with E-state index in [0.29, 0.717) is 23.8 Å². The Morgan fingerprint density at radius 2 is 1.40 bits per heavy atom. The van der Waals surface area contributed by atoms with Gasteiger partial charge in [-0.25, -0.2) is 0 Å². The van der Waals surface area contributed by atoms with Crippen molar-refractivity contribution in [3.63, 3.8) is 0 Å². The van der Waals surface area contributed by atoms with Crippen molar-refractivity contribution in [2.24, 2.45) is 17.8 Å². The quantitative estimate of drug-likeness (QED) is 0.0470. The first kappa shape index (κ1) is 40.5. The van der Waals surface area contributed by atoms with Crippen molar-refractivity contribution in [2.45, 2.75) is 116 Å². The average molecular weight is 668 g/mol. The second-order valence-electron chi connectivity index (χ2n) is 12.9. The number of nitrogens with one attached hydrogen (secondary N) is 1. The van der Waals surface area contributed by atoms with E-state index in [1.165, 1.54) is 32.1 Å². The van der Waals surface area contributed by atoms with Gasteiger partial charge in [-0.15, -0.1) is 0 Å². The first-order chi connectivity index (χ1) is 23.1. The van der Waals surface area contributed by atoms with Gasteiger partial charge in [0.05, 0.1) is 18.4 Å². The molecule has 0 aliphatic carbocycles. The number of carboxylic acids is 3. The first-order valence-corrected chi connectivity index (χ1v) is 17.7. The van der Waals surface area contributed by atoms with Gasteiger partial charge >= 0.3 is 17.9 Å². The molecular weight excluding hydrogens is 610 g/mol. The summed E-state index contributed by atoms with van der Waals surface area (Å²) < 4.78 is 5.81. The number of ether oxygens (including phenoxy) is 1. The van der Waals surface area contributed by atoms with Crippen molar-refractivity contribution in [3.05, 3.63) is 72.3 Å². The van der Waals surface area contributed by atoms with Gasteiger partial charge in [0, 0.05) is 12.5 Å². The Balaban J connectivity index is 1.90. The lowest BCUT2D eigenvalue weighted by molar-refractivity contribution is -0.149. The molecule has 0 heterocycles. The fourth-order valence-electron chi connectivity index (χ4n) is 5.96. The molecule has 0 aliphatic heterocycles. The second kappa shape index (κ2) is 23.6. The number of aliphatic carboxylic acids is 3. The Kier molecular flexibility index (Phi) is 19.9. The number of carboxylic acid groups (broad SMARTS) is 3. The van der Waals surface area contributed by atoms with Crippen molar-refractivity contribution in [2.75, 3.05) is 6.54 Å². The molecule has 0 aliphatic rings. The van der Waals surface area contributed by atoms with Crippen molar-refractivity contribution < 1.29 is 39.5 Å². The van der Waals surface area contributed by atoms with E-state index < -0.39 is 42.2 Å². The van der Waals surface area contributed by atoms with E-state index in [0.717, 1.165) is 44.1 Å². The smallest absolute Gasteiger partial charge is 0.321 e. The number of allylic oxidation sites excluding steroid dienone is 1. The van der Waals surface area contributed by atoms with Crippen LogP contribution in [0.25, 0.3) is 0 Å². The largest absolute Gasteiger partial charge is 0.481 e. The number of unbranched alkanes of at least 4 members (excludes halogenated alkanes) is 8. The number of aliphatic hydroxyl groups excluding tert-OH is 1. The Labute approximate surface area is 286 Å². The predicted molar refractivity (Wildman–Crippen MR) is 188 cm³/mol. The van der Waals surface area contributed by atoms with Crippen LogP contribution in [0.2, 0.25) is 0 Å². The molecule has 266 valence electrons. The molecule has 0 bridgehead atoms. The maximum atomic E-state index is 12.1. The Morgan fingerprint density at radius 3 is 1.96 bits per heavy atom. The molecule has 0 aromatic heterocycles. The highest BCUT2D eigenvalue weighted by atomic mass is 16.5. The lowest BCUT2D eigenvalue weighted by atomic mass is 9.88. The van der Waals surface area contributed by atoms with E-state index in [4.69, 9.17) is 4.74 Å². The van der Waals surface area contributed by atoms with Crippen LogP contribution >= 0.6 is 0 Å². The van der Waals surface area contributed by atoms with Crippen LogP contribution in [0.5, 0.6) is 11.5 Å². The summed E-state index contributed by atoms with van der Waals surface area (Å²) in [6.45, 7) is 4.10. The van der Waals surface area contributed by atoms with E-state index in [9.17, 15) is 34.8 Å². The minimum Gasteiger partial charge on any atom is -0.481 e. The highest BCUT2D eigenvalue weighted by Crippen LogP contribution is 2.24. The molecule has 2 aromatic carbocycles. The van der Waals surface area contributed by atoms with Crippen LogP contribution in [0, 0.1) is 17.8 Å². The van der Waals surface area contributed by atoms with Crippen LogP contribution in [0.15, 0.2) is 66.7 Å². The fourth-order valence-corrected chi connectivity index (χ4v) is 5.96. The van der Waals surface area contributed by atoms with E-state index in [2.05, 4.69) is 12.2 Å². The maximum absolute atomic E-state index is 12.1. The van der Waals surface area contributed by atoms with Crippen LogP contribution in [0.3, 0.4) is 0 Å². The normalized spacial score (nSPS) is 14.6. The van der Waals surface area contributed by atoms with Gasteiger partial charge in [0.2, 0.25) is 0 Å². The van der Waals surface area contributed by atoms with Gasteiger partial charge in [0.25, 0.3) is 0 Å². The van der Waals surface area contributed by atoms with Crippen LogP contribution in [0.1, 0.15) is 103 Å². The fraction of sp³-hybridized carbons (Fsp3) is 0.564. The molecule has 9 heteroatoms. The average Bonchev–Trinajstić information content (AvgIpc) is 3.05. The van der Waals surface area contributed by atoms with Gasteiger partial charge in [0.15, 0.2) is 0 Å². The van der Waals surface area contributed by atoms with E-state index in [1.807, 2.05) is 43.3 Å².